The lowest BCUT2D eigenvalue weighted by Gasteiger charge is -2.11. The summed E-state index contributed by atoms with van der Waals surface area (Å²) in [5, 5.41) is 0. The van der Waals surface area contributed by atoms with Crippen LogP contribution in [0.1, 0.15) is 40.5 Å². The van der Waals surface area contributed by atoms with Crippen LogP contribution in [0.15, 0.2) is 24.8 Å². The molecule has 0 radical (unpaired) electrons. The lowest BCUT2D eigenvalue weighted by Crippen LogP contribution is -1.98. The molecule has 0 saturated heterocycles. The Morgan fingerprint density at radius 3 is 2.33 bits per heavy atom. The Morgan fingerprint density at radius 2 is 1.92 bits per heavy atom. The zero-order valence-electron chi connectivity index (χ0n) is 8.93. The van der Waals surface area contributed by atoms with Crippen molar-refractivity contribution in [2.75, 3.05) is 0 Å². The first-order valence-electron chi connectivity index (χ1n) is 4.76. The van der Waals surface area contributed by atoms with Crippen molar-refractivity contribution in [1.82, 2.24) is 0 Å². The maximum Gasteiger partial charge on any atom is -0.0203 e. The molecule has 0 aliphatic heterocycles. The molecular formula is C12H22. The third-order valence-electron chi connectivity index (χ3n) is 1.81. The van der Waals surface area contributed by atoms with Gasteiger partial charge in [0.15, 0.2) is 0 Å². The molecule has 0 fully saturated rings. The number of rotatable bonds is 4. The molecule has 0 saturated carbocycles. The monoisotopic (exact) mass is 166 g/mol. The van der Waals surface area contributed by atoms with Gasteiger partial charge in [0.25, 0.3) is 0 Å². The second kappa shape index (κ2) is 5.18. The quantitative estimate of drug-likeness (QED) is 0.549. The van der Waals surface area contributed by atoms with Gasteiger partial charge in [-0.1, -0.05) is 45.9 Å². The maximum absolute atomic E-state index is 3.76. The molecule has 0 bridgehead atoms. The van der Waals surface area contributed by atoms with Crippen molar-refractivity contribution in [1.29, 1.82) is 0 Å². The first-order chi connectivity index (χ1) is 5.45. The van der Waals surface area contributed by atoms with Gasteiger partial charge in [-0.2, -0.15) is 0 Å². The largest absolute Gasteiger partial charge is 0.103 e. The molecule has 0 aromatic carbocycles. The summed E-state index contributed by atoms with van der Waals surface area (Å²) in [5.74, 6) is 0.648. The highest BCUT2D eigenvalue weighted by Gasteiger charge is 2.02. The number of allylic oxidation sites excluding steroid dienone is 3. The molecule has 1 unspecified atom stereocenters. The fraction of sp³-hybridized carbons (Fsp3) is 0.667. The Morgan fingerprint density at radius 1 is 1.33 bits per heavy atom. The molecule has 70 valence electrons. The maximum atomic E-state index is 3.76. The van der Waals surface area contributed by atoms with Gasteiger partial charge in [0.05, 0.1) is 0 Å². The highest BCUT2D eigenvalue weighted by Crippen LogP contribution is 2.16. The van der Waals surface area contributed by atoms with E-state index in [-0.39, 0.29) is 0 Å². The van der Waals surface area contributed by atoms with Crippen LogP contribution in [-0.4, -0.2) is 0 Å². The Bertz CT molecular complexity index is 146. The van der Waals surface area contributed by atoms with Crippen LogP contribution in [0.2, 0.25) is 0 Å². The lowest BCUT2D eigenvalue weighted by atomic mass is 9.95. The van der Waals surface area contributed by atoms with E-state index in [2.05, 4.69) is 46.4 Å². The number of hydrogen-bond acceptors (Lipinski definition) is 0. The van der Waals surface area contributed by atoms with E-state index in [1.807, 2.05) is 6.08 Å². The van der Waals surface area contributed by atoms with Crippen LogP contribution in [0.4, 0.5) is 0 Å². The van der Waals surface area contributed by atoms with Gasteiger partial charge in [-0.25, -0.2) is 0 Å². The van der Waals surface area contributed by atoms with Crippen LogP contribution in [0.25, 0.3) is 0 Å². The predicted molar refractivity (Wildman–Crippen MR) is 57.2 cm³/mol. The second-order valence-corrected chi connectivity index (χ2v) is 4.56. The van der Waals surface area contributed by atoms with Gasteiger partial charge in [-0.15, -0.1) is 6.58 Å². The Hall–Kier alpha value is -0.520. The smallest absolute Gasteiger partial charge is 0.0203 e. The Kier molecular flexibility index (Phi) is 4.96. The summed E-state index contributed by atoms with van der Waals surface area (Å²) in [5.41, 5.74) is 0.331. The van der Waals surface area contributed by atoms with Crippen molar-refractivity contribution in [3.63, 3.8) is 0 Å². The summed E-state index contributed by atoms with van der Waals surface area (Å²) < 4.78 is 0. The third kappa shape index (κ3) is 7.59. The van der Waals surface area contributed by atoms with E-state index in [4.69, 9.17) is 0 Å². The molecule has 12 heavy (non-hydrogen) atoms. The third-order valence-corrected chi connectivity index (χ3v) is 1.81. The molecule has 0 aromatic heterocycles. The highest BCUT2D eigenvalue weighted by atomic mass is 14.1. The molecule has 0 spiro atoms. The zero-order valence-corrected chi connectivity index (χ0v) is 8.93. The van der Waals surface area contributed by atoms with Crippen LogP contribution >= 0.6 is 0 Å². The summed E-state index contributed by atoms with van der Waals surface area (Å²) in [7, 11) is 0. The predicted octanol–water partition coefficient (Wildman–Crippen LogP) is 4.19. The first kappa shape index (κ1) is 11.5. The van der Waals surface area contributed by atoms with Gasteiger partial charge in [0.2, 0.25) is 0 Å². The van der Waals surface area contributed by atoms with Crippen LogP contribution in [0.3, 0.4) is 0 Å². The van der Waals surface area contributed by atoms with Gasteiger partial charge in [-0.05, 0) is 24.2 Å². The SMILES string of the molecule is C=CC(C)CCC=CC(C)(C)C. The minimum Gasteiger partial charge on any atom is -0.103 e. The number of hydrogen-bond donors (Lipinski definition) is 0. The van der Waals surface area contributed by atoms with Crippen molar-refractivity contribution < 1.29 is 0 Å². The highest BCUT2D eigenvalue weighted by molar-refractivity contribution is 4.92. The normalized spacial score (nSPS) is 15.0. The zero-order chi connectivity index (χ0) is 9.61. The molecule has 0 aromatic rings. The van der Waals surface area contributed by atoms with E-state index in [1.54, 1.807) is 0 Å². The molecular weight excluding hydrogens is 144 g/mol. The standard InChI is InChI=1S/C12H22/c1-6-11(2)9-7-8-10-12(3,4)5/h6,8,10-11H,1,7,9H2,2-5H3. The fourth-order valence-electron chi connectivity index (χ4n) is 0.914. The van der Waals surface area contributed by atoms with Gasteiger partial charge in [-0.3, -0.25) is 0 Å². The minimum absolute atomic E-state index is 0.331. The van der Waals surface area contributed by atoms with Crippen LogP contribution in [0, 0.1) is 11.3 Å². The molecule has 0 heterocycles. The molecule has 0 heteroatoms. The van der Waals surface area contributed by atoms with Crippen LogP contribution < -0.4 is 0 Å². The molecule has 0 nitrogen and oxygen atoms in total. The summed E-state index contributed by atoms with van der Waals surface area (Å²) in [4.78, 5) is 0. The van der Waals surface area contributed by atoms with Crippen molar-refractivity contribution in [2.45, 2.75) is 40.5 Å². The molecule has 0 aliphatic rings. The van der Waals surface area contributed by atoms with E-state index >= 15 is 0 Å². The van der Waals surface area contributed by atoms with Gasteiger partial charge < -0.3 is 0 Å². The fourth-order valence-corrected chi connectivity index (χ4v) is 0.914. The molecule has 0 aliphatic carbocycles. The summed E-state index contributed by atoms with van der Waals surface area (Å²) in [6, 6.07) is 0. The van der Waals surface area contributed by atoms with Crippen molar-refractivity contribution in [2.24, 2.45) is 11.3 Å². The topological polar surface area (TPSA) is 0 Å². The van der Waals surface area contributed by atoms with Gasteiger partial charge >= 0.3 is 0 Å². The van der Waals surface area contributed by atoms with Crippen LogP contribution in [0.5, 0.6) is 0 Å². The van der Waals surface area contributed by atoms with E-state index < -0.39 is 0 Å². The van der Waals surface area contributed by atoms with Gasteiger partial charge in [0, 0.05) is 0 Å². The van der Waals surface area contributed by atoms with E-state index in [9.17, 15) is 0 Å². The van der Waals surface area contributed by atoms with Crippen molar-refractivity contribution >= 4 is 0 Å². The summed E-state index contributed by atoms with van der Waals surface area (Å²) in [6.45, 7) is 12.6. The molecule has 1 atom stereocenters. The summed E-state index contributed by atoms with van der Waals surface area (Å²) in [6.07, 6.45) is 8.97. The molecule has 0 amide bonds. The minimum atomic E-state index is 0.331. The average molecular weight is 166 g/mol. The van der Waals surface area contributed by atoms with Crippen molar-refractivity contribution in [3.05, 3.63) is 24.8 Å². The Balaban J connectivity index is 3.56. The summed E-state index contributed by atoms with van der Waals surface area (Å²) >= 11 is 0. The first-order valence-corrected chi connectivity index (χ1v) is 4.76. The Labute approximate surface area is 77.4 Å². The van der Waals surface area contributed by atoms with E-state index in [0.29, 0.717) is 11.3 Å². The molecule has 0 N–H and O–H groups in total. The van der Waals surface area contributed by atoms with Crippen LogP contribution in [-0.2, 0) is 0 Å². The average Bonchev–Trinajstić information content (AvgIpc) is 1.96. The van der Waals surface area contributed by atoms with Crippen molar-refractivity contribution in [3.8, 4) is 0 Å². The second-order valence-electron chi connectivity index (χ2n) is 4.56. The van der Waals surface area contributed by atoms with Gasteiger partial charge in [0.1, 0.15) is 0 Å². The molecule has 0 rings (SSSR count). The van der Waals surface area contributed by atoms with E-state index in [0.717, 1.165) is 0 Å². The van der Waals surface area contributed by atoms with E-state index in [1.165, 1.54) is 12.8 Å². The lowest BCUT2D eigenvalue weighted by molar-refractivity contribution is 0.539.